The van der Waals surface area contributed by atoms with Crippen molar-refractivity contribution in [2.45, 2.75) is 19.9 Å². The average molecular weight is 321 g/mol. The van der Waals surface area contributed by atoms with E-state index in [-0.39, 0.29) is 24.6 Å². The highest BCUT2D eigenvalue weighted by Gasteiger charge is 2.42. The third-order valence-electron chi connectivity index (χ3n) is 4.10. The van der Waals surface area contributed by atoms with Crippen molar-refractivity contribution < 1.29 is 14.7 Å². The number of hydrogen-bond donors (Lipinski definition) is 1. The number of fused-ring (bicyclic) bond motifs is 1. The molecule has 3 rings (SSSR count). The molecule has 0 aromatic carbocycles. The Morgan fingerprint density at radius 2 is 2.27 bits per heavy atom. The molecule has 2 aromatic heterocycles. The Morgan fingerprint density at radius 1 is 1.50 bits per heavy atom. The van der Waals surface area contributed by atoms with Crippen LogP contribution in [0.4, 0.5) is 0 Å². The zero-order valence-electron chi connectivity index (χ0n) is 12.0. The summed E-state index contributed by atoms with van der Waals surface area (Å²) >= 11 is 1.37. The molecule has 1 fully saturated rings. The summed E-state index contributed by atoms with van der Waals surface area (Å²) in [6, 6.07) is 1.69. The van der Waals surface area contributed by atoms with Crippen molar-refractivity contribution in [2.75, 3.05) is 13.1 Å². The summed E-state index contributed by atoms with van der Waals surface area (Å²) in [6.07, 6.45) is 1.79. The molecular formula is C14H15N3O4S. The predicted octanol–water partition coefficient (Wildman–Crippen LogP) is 0.781. The second-order valence-electron chi connectivity index (χ2n) is 5.75. The lowest BCUT2D eigenvalue weighted by atomic mass is 9.90. The average Bonchev–Trinajstić information content (AvgIpc) is 3.09. The minimum absolute atomic E-state index is 0.118. The Kier molecular flexibility index (Phi) is 3.48. The SMILES string of the molecule is CC1(C(=O)O)CCN(C(=O)Cn2cnc3sccc3c2=O)C1. The zero-order chi connectivity index (χ0) is 15.9. The molecular weight excluding hydrogens is 306 g/mol. The molecule has 0 saturated carbocycles. The van der Waals surface area contributed by atoms with Crippen molar-refractivity contribution in [2.24, 2.45) is 5.41 Å². The van der Waals surface area contributed by atoms with Gasteiger partial charge in [0.15, 0.2) is 0 Å². The molecule has 1 amide bonds. The van der Waals surface area contributed by atoms with Gasteiger partial charge in [-0.2, -0.15) is 0 Å². The third kappa shape index (κ3) is 2.39. The minimum atomic E-state index is -0.907. The van der Waals surface area contributed by atoms with E-state index in [2.05, 4.69) is 4.98 Å². The van der Waals surface area contributed by atoms with Gasteiger partial charge in [-0.25, -0.2) is 4.98 Å². The molecule has 1 atom stereocenters. The number of carbonyl (C=O) groups excluding carboxylic acids is 1. The van der Waals surface area contributed by atoms with Gasteiger partial charge in [0, 0.05) is 13.1 Å². The maximum atomic E-state index is 12.3. The summed E-state index contributed by atoms with van der Waals surface area (Å²) in [5, 5.41) is 11.5. The van der Waals surface area contributed by atoms with E-state index in [1.807, 2.05) is 0 Å². The first-order valence-electron chi connectivity index (χ1n) is 6.84. The van der Waals surface area contributed by atoms with E-state index in [1.165, 1.54) is 27.1 Å². The van der Waals surface area contributed by atoms with Crippen LogP contribution < -0.4 is 5.56 Å². The van der Waals surface area contributed by atoms with Crippen LogP contribution in [0.3, 0.4) is 0 Å². The fourth-order valence-electron chi connectivity index (χ4n) is 2.60. The molecule has 0 bridgehead atoms. The first-order valence-corrected chi connectivity index (χ1v) is 7.72. The number of aromatic nitrogens is 2. The van der Waals surface area contributed by atoms with Crippen molar-refractivity contribution >= 4 is 33.4 Å². The second kappa shape index (κ2) is 5.20. The van der Waals surface area contributed by atoms with Gasteiger partial charge in [0.05, 0.1) is 17.1 Å². The van der Waals surface area contributed by atoms with Crippen LogP contribution in [-0.2, 0) is 16.1 Å². The molecule has 7 nitrogen and oxygen atoms in total. The zero-order valence-corrected chi connectivity index (χ0v) is 12.8. The van der Waals surface area contributed by atoms with Crippen LogP contribution in [0.2, 0.25) is 0 Å². The molecule has 1 aliphatic heterocycles. The first kappa shape index (κ1) is 14.7. The monoisotopic (exact) mass is 321 g/mol. The largest absolute Gasteiger partial charge is 0.481 e. The molecule has 116 valence electrons. The predicted molar refractivity (Wildman–Crippen MR) is 80.8 cm³/mol. The van der Waals surface area contributed by atoms with E-state index in [9.17, 15) is 19.5 Å². The Hall–Kier alpha value is -2.22. The van der Waals surface area contributed by atoms with E-state index in [0.717, 1.165) is 0 Å². The first-order chi connectivity index (χ1) is 10.4. The lowest BCUT2D eigenvalue weighted by molar-refractivity contribution is -0.147. The molecule has 0 radical (unpaired) electrons. The number of carbonyl (C=O) groups is 2. The smallest absolute Gasteiger partial charge is 0.311 e. The summed E-state index contributed by atoms with van der Waals surface area (Å²) in [5.41, 5.74) is -1.16. The summed E-state index contributed by atoms with van der Waals surface area (Å²) in [7, 11) is 0. The van der Waals surface area contributed by atoms with Gasteiger partial charge in [-0.05, 0) is 24.8 Å². The quantitative estimate of drug-likeness (QED) is 0.902. The summed E-state index contributed by atoms with van der Waals surface area (Å²) in [6.45, 7) is 2.08. The van der Waals surface area contributed by atoms with Gasteiger partial charge in [0.1, 0.15) is 11.4 Å². The number of aliphatic carboxylic acids is 1. The molecule has 22 heavy (non-hydrogen) atoms. The summed E-state index contributed by atoms with van der Waals surface area (Å²) in [5.74, 6) is -1.16. The van der Waals surface area contributed by atoms with Gasteiger partial charge in [-0.1, -0.05) is 0 Å². The highest BCUT2D eigenvalue weighted by atomic mass is 32.1. The molecule has 1 aliphatic rings. The number of carboxylic acids is 1. The van der Waals surface area contributed by atoms with Gasteiger partial charge in [0.25, 0.3) is 5.56 Å². The fourth-order valence-corrected chi connectivity index (χ4v) is 3.32. The van der Waals surface area contributed by atoms with E-state index in [4.69, 9.17) is 0 Å². The van der Waals surface area contributed by atoms with Gasteiger partial charge < -0.3 is 10.0 Å². The standard InChI is InChI=1S/C14H15N3O4S/c1-14(13(20)21)3-4-16(7-14)10(18)6-17-8-15-11-9(12(17)19)2-5-22-11/h2,5,8H,3-4,6-7H2,1H3,(H,20,21). The number of rotatable bonds is 3. The van der Waals surface area contributed by atoms with Crippen molar-refractivity contribution in [3.63, 3.8) is 0 Å². The molecule has 3 heterocycles. The molecule has 1 saturated heterocycles. The summed E-state index contributed by atoms with van der Waals surface area (Å²) < 4.78 is 1.27. The van der Waals surface area contributed by atoms with Gasteiger partial charge in [-0.15, -0.1) is 11.3 Å². The van der Waals surface area contributed by atoms with Gasteiger partial charge in [-0.3, -0.25) is 19.0 Å². The van der Waals surface area contributed by atoms with E-state index in [0.29, 0.717) is 23.2 Å². The lowest BCUT2D eigenvalue weighted by Crippen LogP contribution is -2.38. The van der Waals surface area contributed by atoms with Gasteiger partial charge >= 0.3 is 5.97 Å². The van der Waals surface area contributed by atoms with Crippen LogP contribution in [-0.4, -0.2) is 44.5 Å². The summed E-state index contributed by atoms with van der Waals surface area (Å²) in [4.78, 5) is 42.1. The second-order valence-corrected chi connectivity index (χ2v) is 6.64. The minimum Gasteiger partial charge on any atom is -0.481 e. The van der Waals surface area contributed by atoms with E-state index in [1.54, 1.807) is 18.4 Å². The molecule has 1 unspecified atom stereocenters. The van der Waals surface area contributed by atoms with Crippen LogP contribution in [0.25, 0.3) is 10.2 Å². The number of thiophene rings is 1. The van der Waals surface area contributed by atoms with Gasteiger partial charge in [0.2, 0.25) is 5.91 Å². The maximum absolute atomic E-state index is 12.3. The van der Waals surface area contributed by atoms with Crippen LogP contribution in [0.1, 0.15) is 13.3 Å². The molecule has 0 spiro atoms. The maximum Gasteiger partial charge on any atom is 0.311 e. The van der Waals surface area contributed by atoms with Crippen molar-refractivity contribution in [3.8, 4) is 0 Å². The van der Waals surface area contributed by atoms with Crippen molar-refractivity contribution in [3.05, 3.63) is 28.1 Å². The lowest BCUT2D eigenvalue weighted by Gasteiger charge is -2.20. The van der Waals surface area contributed by atoms with E-state index >= 15 is 0 Å². The van der Waals surface area contributed by atoms with Crippen molar-refractivity contribution in [1.82, 2.24) is 14.5 Å². The molecule has 8 heteroatoms. The van der Waals surface area contributed by atoms with Crippen molar-refractivity contribution in [1.29, 1.82) is 0 Å². The fraction of sp³-hybridized carbons (Fsp3) is 0.429. The Labute approximate surface area is 129 Å². The topological polar surface area (TPSA) is 92.5 Å². The molecule has 2 aromatic rings. The molecule has 1 N–H and O–H groups in total. The van der Waals surface area contributed by atoms with E-state index < -0.39 is 11.4 Å². The number of amides is 1. The van der Waals surface area contributed by atoms with Crippen LogP contribution in [0.5, 0.6) is 0 Å². The Morgan fingerprint density at radius 3 is 2.95 bits per heavy atom. The highest BCUT2D eigenvalue weighted by Crippen LogP contribution is 2.30. The van der Waals surface area contributed by atoms with Crippen LogP contribution in [0, 0.1) is 5.41 Å². The van der Waals surface area contributed by atoms with Crippen LogP contribution in [0.15, 0.2) is 22.6 Å². The highest BCUT2D eigenvalue weighted by molar-refractivity contribution is 7.16. The molecule has 0 aliphatic carbocycles. The third-order valence-corrected chi connectivity index (χ3v) is 4.92. The Bertz CT molecular complexity index is 812. The number of nitrogens with zero attached hydrogens (tertiary/aromatic N) is 3. The number of likely N-dealkylation sites (tertiary alicyclic amines) is 1. The Balaban J connectivity index is 1.78. The number of carboxylic acid groups (broad SMARTS) is 1. The normalized spacial score (nSPS) is 21.4. The van der Waals surface area contributed by atoms with Crippen LogP contribution >= 0.6 is 11.3 Å². The number of hydrogen-bond acceptors (Lipinski definition) is 5.